The first kappa shape index (κ1) is 12.9. The Hall–Kier alpha value is -1.55. The van der Waals surface area contributed by atoms with Crippen LogP contribution >= 0.6 is 11.6 Å². The third-order valence-corrected chi connectivity index (χ3v) is 3.04. The number of furan rings is 1. The third kappa shape index (κ3) is 3.01. The third-order valence-electron chi connectivity index (χ3n) is 2.67. The molecule has 5 heteroatoms. The SMILES string of the molecule is Cc1nc(Cl)c(C)c(NC(C)Cc2ccco2)n1. The van der Waals surface area contributed by atoms with E-state index in [1.54, 1.807) is 6.26 Å². The van der Waals surface area contributed by atoms with Crippen molar-refractivity contribution >= 4 is 17.4 Å². The average Bonchev–Trinajstić information content (AvgIpc) is 2.77. The van der Waals surface area contributed by atoms with E-state index in [0.29, 0.717) is 11.0 Å². The maximum absolute atomic E-state index is 6.04. The molecule has 2 heterocycles. The molecule has 0 fully saturated rings. The Kier molecular flexibility index (Phi) is 3.87. The number of hydrogen-bond donors (Lipinski definition) is 1. The second-order valence-electron chi connectivity index (χ2n) is 4.36. The van der Waals surface area contributed by atoms with Gasteiger partial charge in [-0.1, -0.05) is 11.6 Å². The van der Waals surface area contributed by atoms with Gasteiger partial charge >= 0.3 is 0 Å². The molecule has 0 bridgehead atoms. The fraction of sp³-hybridized carbons (Fsp3) is 0.385. The Labute approximate surface area is 111 Å². The van der Waals surface area contributed by atoms with Gasteiger partial charge in [0.2, 0.25) is 0 Å². The van der Waals surface area contributed by atoms with E-state index in [0.717, 1.165) is 23.6 Å². The molecule has 0 radical (unpaired) electrons. The van der Waals surface area contributed by atoms with E-state index >= 15 is 0 Å². The van der Waals surface area contributed by atoms with Gasteiger partial charge in [0.25, 0.3) is 0 Å². The Morgan fingerprint density at radius 3 is 2.83 bits per heavy atom. The van der Waals surface area contributed by atoms with Crippen molar-refractivity contribution in [3.05, 3.63) is 40.7 Å². The summed E-state index contributed by atoms with van der Waals surface area (Å²) >= 11 is 6.04. The van der Waals surface area contributed by atoms with E-state index in [4.69, 9.17) is 16.0 Å². The van der Waals surface area contributed by atoms with Gasteiger partial charge in [0.15, 0.2) is 0 Å². The number of nitrogens with zero attached hydrogens (tertiary/aromatic N) is 2. The minimum absolute atomic E-state index is 0.209. The second kappa shape index (κ2) is 5.40. The molecule has 18 heavy (non-hydrogen) atoms. The fourth-order valence-corrected chi connectivity index (χ4v) is 1.96. The zero-order chi connectivity index (χ0) is 13.1. The largest absolute Gasteiger partial charge is 0.469 e. The molecular weight excluding hydrogens is 250 g/mol. The number of anilines is 1. The quantitative estimate of drug-likeness (QED) is 0.861. The summed E-state index contributed by atoms with van der Waals surface area (Å²) < 4.78 is 5.32. The predicted molar refractivity (Wildman–Crippen MR) is 72.0 cm³/mol. The van der Waals surface area contributed by atoms with Crippen molar-refractivity contribution in [3.63, 3.8) is 0 Å². The minimum Gasteiger partial charge on any atom is -0.469 e. The maximum atomic E-state index is 6.04. The highest BCUT2D eigenvalue weighted by Crippen LogP contribution is 2.20. The van der Waals surface area contributed by atoms with Gasteiger partial charge in [0.05, 0.1) is 6.26 Å². The summed E-state index contributed by atoms with van der Waals surface area (Å²) in [5.74, 6) is 2.40. The first-order valence-electron chi connectivity index (χ1n) is 5.86. The van der Waals surface area contributed by atoms with Crippen LogP contribution in [0.1, 0.15) is 24.1 Å². The number of aromatic nitrogens is 2. The maximum Gasteiger partial charge on any atom is 0.137 e. The molecule has 2 aromatic rings. The number of hydrogen-bond acceptors (Lipinski definition) is 4. The van der Waals surface area contributed by atoms with Gasteiger partial charge in [-0.15, -0.1) is 0 Å². The molecule has 96 valence electrons. The normalized spacial score (nSPS) is 12.4. The first-order valence-corrected chi connectivity index (χ1v) is 6.23. The molecule has 2 rings (SSSR count). The van der Waals surface area contributed by atoms with Gasteiger partial charge in [0.1, 0.15) is 22.6 Å². The molecule has 1 atom stereocenters. The zero-order valence-corrected chi connectivity index (χ0v) is 11.5. The van der Waals surface area contributed by atoms with Crippen molar-refractivity contribution in [2.24, 2.45) is 0 Å². The fourth-order valence-electron chi connectivity index (χ4n) is 1.75. The zero-order valence-electron chi connectivity index (χ0n) is 10.7. The molecule has 0 saturated carbocycles. The van der Waals surface area contributed by atoms with E-state index < -0.39 is 0 Å². The lowest BCUT2D eigenvalue weighted by atomic mass is 10.2. The topological polar surface area (TPSA) is 51.0 Å². The number of aryl methyl sites for hydroxylation is 1. The van der Waals surface area contributed by atoms with Crippen LogP contribution in [0.25, 0.3) is 0 Å². The Morgan fingerprint density at radius 2 is 2.17 bits per heavy atom. The van der Waals surface area contributed by atoms with Crippen LogP contribution < -0.4 is 5.32 Å². The molecule has 0 aliphatic carbocycles. The molecule has 1 N–H and O–H groups in total. The minimum atomic E-state index is 0.209. The molecule has 0 aliphatic heterocycles. The molecule has 0 amide bonds. The lowest BCUT2D eigenvalue weighted by molar-refractivity contribution is 0.497. The summed E-state index contributed by atoms with van der Waals surface area (Å²) in [6, 6.07) is 4.06. The molecule has 0 spiro atoms. The van der Waals surface area contributed by atoms with E-state index in [1.165, 1.54) is 0 Å². The second-order valence-corrected chi connectivity index (χ2v) is 4.72. The van der Waals surface area contributed by atoms with E-state index in [1.807, 2.05) is 26.0 Å². The highest BCUT2D eigenvalue weighted by Gasteiger charge is 2.11. The standard InChI is InChI=1S/C13H16ClN3O/c1-8(7-11-5-4-6-18-11)15-13-9(2)12(14)16-10(3)17-13/h4-6,8H,7H2,1-3H3,(H,15,16,17). The number of rotatable bonds is 4. The Balaban J connectivity index is 2.09. The molecule has 0 aliphatic rings. The van der Waals surface area contributed by atoms with Crippen LogP contribution in [0, 0.1) is 13.8 Å². The van der Waals surface area contributed by atoms with Crippen LogP contribution in [0.5, 0.6) is 0 Å². The van der Waals surface area contributed by atoms with Crippen molar-refractivity contribution in [2.45, 2.75) is 33.2 Å². The van der Waals surface area contributed by atoms with Crippen molar-refractivity contribution in [2.75, 3.05) is 5.32 Å². The lowest BCUT2D eigenvalue weighted by Gasteiger charge is -2.15. The van der Waals surface area contributed by atoms with Crippen LogP contribution in [0.4, 0.5) is 5.82 Å². The smallest absolute Gasteiger partial charge is 0.137 e. The monoisotopic (exact) mass is 265 g/mol. The van der Waals surface area contributed by atoms with Gasteiger partial charge in [-0.3, -0.25) is 0 Å². The van der Waals surface area contributed by atoms with E-state index in [9.17, 15) is 0 Å². The van der Waals surface area contributed by atoms with Crippen molar-refractivity contribution in [1.29, 1.82) is 0 Å². The summed E-state index contributed by atoms with van der Waals surface area (Å²) in [5.41, 5.74) is 0.869. The van der Waals surface area contributed by atoms with Crippen LogP contribution in [-0.2, 0) is 6.42 Å². The predicted octanol–water partition coefficient (Wildman–Crippen LogP) is 3.38. The van der Waals surface area contributed by atoms with Crippen LogP contribution in [0.15, 0.2) is 22.8 Å². The highest BCUT2D eigenvalue weighted by atomic mass is 35.5. The lowest BCUT2D eigenvalue weighted by Crippen LogP contribution is -2.20. The molecular formula is C13H16ClN3O. The van der Waals surface area contributed by atoms with Gasteiger partial charge < -0.3 is 9.73 Å². The van der Waals surface area contributed by atoms with Crippen LogP contribution in [-0.4, -0.2) is 16.0 Å². The molecule has 4 nitrogen and oxygen atoms in total. The van der Waals surface area contributed by atoms with Crippen LogP contribution in [0.2, 0.25) is 5.15 Å². The van der Waals surface area contributed by atoms with Crippen LogP contribution in [0.3, 0.4) is 0 Å². The molecule has 0 saturated heterocycles. The summed E-state index contributed by atoms with van der Waals surface area (Å²) in [6.07, 6.45) is 2.48. The first-order chi connectivity index (χ1) is 8.56. The van der Waals surface area contributed by atoms with E-state index in [-0.39, 0.29) is 6.04 Å². The molecule has 2 aromatic heterocycles. The summed E-state index contributed by atoms with van der Waals surface area (Å²) in [4.78, 5) is 8.48. The van der Waals surface area contributed by atoms with Crippen molar-refractivity contribution in [3.8, 4) is 0 Å². The Bertz CT molecular complexity index is 525. The van der Waals surface area contributed by atoms with Gasteiger partial charge in [-0.2, -0.15) is 0 Å². The van der Waals surface area contributed by atoms with Gasteiger partial charge in [-0.05, 0) is 32.9 Å². The molecule has 0 aromatic carbocycles. The van der Waals surface area contributed by atoms with Gasteiger partial charge in [0, 0.05) is 18.0 Å². The highest BCUT2D eigenvalue weighted by molar-refractivity contribution is 6.30. The van der Waals surface area contributed by atoms with Gasteiger partial charge in [-0.25, -0.2) is 9.97 Å². The average molecular weight is 266 g/mol. The Morgan fingerprint density at radius 1 is 1.39 bits per heavy atom. The van der Waals surface area contributed by atoms with Crippen molar-refractivity contribution in [1.82, 2.24) is 9.97 Å². The summed E-state index contributed by atoms with van der Waals surface area (Å²) in [7, 11) is 0. The van der Waals surface area contributed by atoms with E-state index in [2.05, 4.69) is 22.2 Å². The summed E-state index contributed by atoms with van der Waals surface area (Å²) in [6.45, 7) is 5.81. The number of nitrogens with one attached hydrogen (secondary N) is 1. The van der Waals surface area contributed by atoms with Crippen molar-refractivity contribution < 1.29 is 4.42 Å². The molecule has 1 unspecified atom stereocenters. The summed E-state index contributed by atoms with van der Waals surface area (Å²) in [5, 5.41) is 3.83. The number of halogens is 1.